The zero-order valence-electron chi connectivity index (χ0n) is 14.5. The molecule has 1 aliphatic heterocycles. The summed E-state index contributed by atoms with van der Waals surface area (Å²) in [4.78, 5) is 27.1. The van der Waals surface area contributed by atoms with Gasteiger partial charge in [-0.05, 0) is 42.5 Å². The minimum absolute atomic E-state index is 0.00643. The van der Waals surface area contributed by atoms with E-state index < -0.39 is 5.91 Å². The predicted molar refractivity (Wildman–Crippen MR) is 100 cm³/mol. The van der Waals surface area contributed by atoms with Gasteiger partial charge in [0.15, 0.2) is 18.1 Å². The van der Waals surface area contributed by atoms with Crippen molar-refractivity contribution in [1.82, 2.24) is 4.90 Å². The predicted octanol–water partition coefficient (Wildman–Crippen LogP) is 3.03. The van der Waals surface area contributed by atoms with Crippen LogP contribution in [0.2, 0.25) is 5.02 Å². The summed E-state index contributed by atoms with van der Waals surface area (Å²) in [5.41, 5.74) is 6.69. The Labute approximate surface area is 160 Å². The van der Waals surface area contributed by atoms with Crippen molar-refractivity contribution in [1.29, 1.82) is 0 Å². The first-order chi connectivity index (χ1) is 12.4. The molecular formula is C18H19ClN2O4S. The summed E-state index contributed by atoms with van der Waals surface area (Å²) < 4.78 is 10.6. The van der Waals surface area contributed by atoms with Crippen molar-refractivity contribution < 1.29 is 19.1 Å². The van der Waals surface area contributed by atoms with E-state index in [1.54, 1.807) is 17.4 Å². The monoisotopic (exact) mass is 394 g/mol. The normalized spacial score (nSPS) is 16.1. The Morgan fingerprint density at radius 1 is 1.42 bits per heavy atom. The van der Waals surface area contributed by atoms with Crippen LogP contribution in [0.3, 0.4) is 0 Å². The van der Waals surface area contributed by atoms with Gasteiger partial charge in [0.2, 0.25) is 0 Å². The molecule has 138 valence electrons. The Hall–Kier alpha value is -2.25. The van der Waals surface area contributed by atoms with Crippen LogP contribution in [-0.2, 0) is 11.2 Å². The Morgan fingerprint density at radius 2 is 2.19 bits per heavy atom. The number of fused-ring (bicyclic) bond motifs is 1. The van der Waals surface area contributed by atoms with Crippen molar-refractivity contribution in [3.8, 4) is 11.5 Å². The third-order valence-electron chi connectivity index (χ3n) is 4.37. The number of carbonyl (C=O) groups excluding carboxylic acids is 2. The summed E-state index contributed by atoms with van der Waals surface area (Å²) in [6, 6.07) is 5.16. The molecule has 1 unspecified atom stereocenters. The largest absolute Gasteiger partial charge is 0.493 e. The fourth-order valence-corrected chi connectivity index (χ4v) is 4.31. The number of hydrogen-bond acceptors (Lipinski definition) is 5. The molecule has 1 atom stereocenters. The first-order valence-electron chi connectivity index (χ1n) is 8.08. The van der Waals surface area contributed by atoms with Crippen LogP contribution in [0.25, 0.3) is 0 Å². The quantitative estimate of drug-likeness (QED) is 0.845. The molecule has 1 aliphatic rings. The average Bonchev–Trinajstić information content (AvgIpc) is 3.09. The zero-order valence-corrected chi connectivity index (χ0v) is 16.0. The van der Waals surface area contributed by atoms with E-state index in [4.69, 9.17) is 26.8 Å². The summed E-state index contributed by atoms with van der Waals surface area (Å²) in [5.74, 6) is -0.285. The molecule has 2 aromatic rings. The van der Waals surface area contributed by atoms with Gasteiger partial charge in [-0.2, -0.15) is 0 Å². The molecular weight excluding hydrogens is 376 g/mol. The standard InChI is InChI=1S/C18H19ClN2O4S/c1-10-12-4-6-26-15(12)3-5-21(10)18(23)11-7-13(19)17(14(8-11)24-2)25-9-16(20)22/h4,6-8,10H,3,5,9H2,1-2H3,(H2,20,22). The van der Waals surface area contributed by atoms with Crippen LogP contribution in [0.15, 0.2) is 23.6 Å². The summed E-state index contributed by atoms with van der Waals surface area (Å²) >= 11 is 7.98. The van der Waals surface area contributed by atoms with Crippen LogP contribution in [-0.4, -0.2) is 37.0 Å². The van der Waals surface area contributed by atoms with Gasteiger partial charge in [-0.1, -0.05) is 11.6 Å². The Kier molecular flexibility index (Phi) is 5.38. The first kappa shape index (κ1) is 18.5. The smallest absolute Gasteiger partial charge is 0.255 e. The molecule has 6 nitrogen and oxygen atoms in total. The molecule has 0 radical (unpaired) electrons. The Bertz CT molecular complexity index is 852. The molecule has 2 N–H and O–H groups in total. The third kappa shape index (κ3) is 3.50. The second-order valence-corrected chi connectivity index (χ2v) is 7.38. The molecule has 0 bridgehead atoms. The number of nitrogens with two attached hydrogens (primary N) is 1. The molecule has 1 aromatic heterocycles. The fourth-order valence-electron chi connectivity index (χ4n) is 3.08. The highest BCUT2D eigenvalue weighted by Gasteiger charge is 2.30. The van der Waals surface area contributed by atoms with Gasteiger partial charge in [0.05, 0.1) is 18.2 Å². The van der Waals surface area contributed by atoms with Crippen LogP contribution >= 0.6 is 22.9 Å². The molecule has 26 heavy (non-hydrogen) atoms. The van der Waals surface area contributed by atoms with Gasteiger partial charge in [-0.3, -0.25) is 9.59 Å². The molecule has 0 spiro atoms. The van der Waals surface area contributed by atoms with E-state index in [2.05, 4.69) is 11.4 Å². The SMILES string of the molecule is COc1cc(C(=O)N2CCc3sccc3C2C)cc(Cl)c1OCC(N)=O. The van der Waals surface area contributed by atoms with Crippen LogP contribution in [0.5, 0.6) is 11.5 Å². The molecule has 0 saturated carbocycles. The Balaban J connectivity index is 1.88. The van der Waals surface area contributed by atoms with E-state index >= 15 is 0 Å². The van der Waals surface area contributed by atoms with Gasteiger partial charge in [0.25, 0.3) is 11.8 Å². The topological polar surface area (TPSA) is 81.9 Å². The number of methoxy groups -OCH3 is 1. The first-order valence-corrected chi connectivity index (χ1v) is 9.34. The van der Waals surface area contributed by atoms with Gasteiger partial charge < -0.3 is 20.1 Å². The maximum Gasteiger partial charge on any atom is 0.255 e. The number of benzene rings is 1. The van der Waals surface area contributed by atoms with E-state index in [9.17, 15) is 9.59 Å². The molecule has 0 aliphatic carbocycles. The fraction of sp³-hybridized carbons (Fsp3) is 0.333. The van der Waals surface area contributed by atoms with Crippen molar-refractivity contribution >= 4 is 34.8 Å². The van der Waals surface area contributed by atoms with Crippen LogP contribution < -0.4 is 15.2 Å². The highest BCUT2D eigenvalue weighted by molar-refractivity contribution is 7.10. The van der Waals surface area contributed by atoms with Gasteiger partial charge in [-0.15, -0.1) is 11.3 Å². The second kappa shape index (κ2) is 7.55. The van der Waals surface area contributed by atoms with Crippen molar-refractivity contribution in [3.05, 3.63) is 44.6 Å². The van der Waals surface area contributed by atoms with Crippen molar-refractivity contribution in [2.45, 2.75) is 19.4 Å². The number of halogens is 1. The number of primary amides is 1. The summed E-state index contributed by atoms with van der Waals surface area (Å²) in [5, 5.41) is 2.25. The van der Waals surface area contributed by atoms with Gasteiger partial charge >= 0.3 is 0 Å². The van der Waals surface area contributed by atoms with E-state index in [1.807, 2.05) is 11.8 Å². The zero-order chi connectivity index (χ0) is 18.8. The molecule has 1 aromatic carbocycles. The Morgan fingerprint density at radius 3 is 2.88 bits per heavy atom. The number of carbonyl (C=O) groups is 2. The minimum Gasteiger partial charge on any atom is -0.493 e. The van der Waals surface area contributed by atoms with Crippen molar-refractivity contribution in [2.24, 2.45) is 5.73 Å². The average molecular weight is 395 g/mol. The lowest BCUT2D eigenvalue weighted by atomic mass is 10.00. The lowest BCUT2D eigenvalue weighted by Gasteiger charge is -2.34. The van der Waals surface area contributed by atoms with Crippen molar-refractivity contribution in [2.75, 3.05) is 20.3 Å². The lowest BCUT2D eigenvalue weighted by molar-refractivity contribution is -0.119. The maximum atomic E-state index is 13.0. The highest BCUT2D eigenvalue weighted by atomic mass is 35.5. The summed E-state index contributed by atoms with van der Waals surface area (Å²) in [6.07, 6.45) is 0.841. The van der Waals surface area contributed by atoms with E-state index in [1.165, 1.54) is 23.6 Å². The molecule has 3 rings (SSSR count). The number of nitrogens with zero attached hydrogens (tertiary/aromatic N) is 1. The molecule has 2 heterocycles. The van der Waals surface area contributed by atoms with E-state index in [0.717, 1.165) is 6.42 Å². The summed E-state index contributed by atoms with van der Waals surface area (Å²) in [7, 11) is 1.44. The third-order valence-corrected chi connectivity index (χ3v) is 5.65. The number of hydrogen-bond donors (Lipinski definition) is 1. The second-order valence-electron chi connectivity index (χ2n) is 5.97. The molecule has 0 saturated heterocycles. The van der Waals surface area contributed by atoms with Crippen molar-refractivity contribution in [3.63, 3.8) is 0 Å². The van der Waals surface area contributed by atoms with Crippen LogP contribution in [0, 0.1) is 0 Å². The van der Waals surface area contributed by atoms with E-state index in [-0.39, 0.29) is 35.1 Å². The number of ether oxygens (including phenoxy) is 2. The van der Waals surface area contributed by atoms with Gasteiger partial charge in [-0.25, -0.2) is 0 Å². The minimum atomic E-state index is -0.628. The van der Waals surface area contributed by atoms with Gasteiger partial charge in [0, 0.05) is 17.0 Å². The number of amides is 2. The van der Waals surface area contributed by atoms with E-state index in [0.29, 0.717) is 12.1 Å². The molecule has 2 amide bonds. The highest BCUT2D eigenvalue weighted by Crippen LogP contribution is 2.38. The maximum absolute atomic E-state index is 13.0. The number of rotatable bonds is 5. The molecule has 0 fully saturated rings. The lowest BCUT2D eigenvalue weighted by Crippen LogP contribution is -2.38. The molecule has 8 heteroatoms. The van der Waals surface area contributed by atoms with Crippen LogP contribution in [0.4, 0.5) is 0 Å². The van der Waals surface area contributed by atoms with Gasteiger partial charge in [0.1, 0.15) is 0 Å². The summed E-state index contributed by atoms with van der Waals surface area (Å²) in [6.45, 7) is 2.34. The number of thiophene rings is 1. The van der Waals surface area contributed by atoms with Crippen LogP contribution in [0.1, 0.15) is 33.8 Å².